The lowest BCUT2D eigenvalue weighted by molar-refractivity contribution is -0.122. The number of carbonyl (C=O) groups is 1. The quantitative estimate of drug-likeness (QED) is 0.451. The minimum absolute atomic E-state index is 0.0460. The first-order valence-electron chi connectivity index (χ1n) is 13.4. The number of aryl methyl sites for hydroxylation is 2. The highest BCUT2D eigenvalue weighted by molar-refractivity contribution is 5.84. The molecule has 0 saturated heterocycles. The molecule has 3 aliphatic carbocycles. The van der Waals surface area contributed by atoms with Crippen LogP contribution in [-0.4, -0.2) is 33.8 Å². The molecular formula is C29H41N3O2. The molecule has 34 heavy (non-hydrogen) atoms. The Morgan fingerprint density at radius 3 is 2.47 bits per heavy atom. The van der Waals surface area contributed by atoms with E-state index in [0.29, 0.717) is 24.2 Å². The Hall–Kier alpha value is -2.01. The van der Waals surface area contributed by atoms with Gasteiger partial charge in [-0.15, -0.1) is 10.2 Å². The van der Waals surface area contributed by atoms with Crippen molar-refractivity contribution in [1.82, 2.24) is 14.8 Å². The first kappa shape index (κ1) is 23.7. The van der Waals surface area contributed by atoms with Gasteiger partial charge in [0.1, 0.15) is 17.4 Å². The molecule has 184 valence electrons. The Morgan fingerprint density at radius 1 is 1.09 bits per heavy atom. The fourth-order valence-electron chi connectivity index (χ4n) is 6.55. The van der Waals surface area contributed by atoms with Gasteiger partial charge in [-0.05, 0) is 81.8 Å². The van der Waals surface area contributed by atoms with Crippen molar-refractivity contribution in [2.75, 3.05) is 7.11 Å². The van der Waals surface area contributed by atoms with E-state index >= 15 is 0 Å². The summed E-state index contributed by atoms with van der Waals surface area (Å²) in [6.45, 7) is 8.85. The number of ketones is 1. The van der Waals surface area contributed by atoms with Crippen LogP contribution in [0.25, 0.3) is 0 Å². The highest BCUT2D eigenvalue weighted by atomic mass is 16.5. The van der Waals surface area contributed by atoms with Crippen molar-refractivity contribution < 1.29 is 9.53 Å². The Labute approximate surface area is 204 Å². The minimum atomic E-state index is -0.0460. The van der Waals surface area contributed by atoms with Gasteiger partial charge in [0.05, 0.1) is 6.10 Å². The van der Waals surface area contributed by atoms with Gasteiger partial charge < -0.3 is 9.30 Å². The summed E-state index contributed by atoms with van der Waals surface area (Å²) in [5, 5.41) is 9.56. The summed E-state index contributed by atoms with van der Waals surface area (Å²) in [5.74, 6) is 4.76. The summed E-state index contributed by atoms with van der Waals surface area (Å²) in [5.41, 5.74) is 3.59. The maximum absolute atomic E-state index is 13.6. The van der Waals surface area contributed by atoms with E-state index in [9.17, 15) is 4.79 Å². The summed E-state index contributed by atoms with van der Waals surface area (Å²) >= 11 is 0. The summed E-state index contributed by atoms with van der Waals surface area (Å²) < 4.78 is 8.25. The van der Waals surface area contributed by atoms with Gasteiger partial charge in [-0.3, -0.25) is 4.79 Å². The average Bonchev–Trinajstić information content (AvgIpc) is 3.36. The second-order valence-electron chi connectivity index (χ2n) is 11.8. The highest BCUT2D eigenvalue weighted by Crippen LogP contribution is 2.50. The lowest BCUT2D eigenvalue weighted by Gasteiger charge is -2.36. The predicted octanol–water partition coefficient (Wildman–Crippen LogP) is 6.09. The van der Waals surface area contributed by atoms with Crippen molar-refractivity contribution in [2.24, 2.45) is 17.8 Å². The maximum atomic E-state index is 13.6. The third kappa shape index (κ3) is 4.73. The van der Waals surface area contributed by atoms with Crippen molar-refractivity contribution >= 4 is 5.78 Å². The van der Waals surface area contributed by atoms with E-state index < -0.39 is 0 Å². The molecule has 1 aromatic carbocycles. The van der Waals surface area contributed by atoms with Gasteiger partial charge in [-0.2, -0.15) is 0 Å². The van der Waals surface area contributed by atoms with Gasteiger partial charge >= 0.3 is 0 Å². The van der Waals surface area contributed by atoms with Gasteiger partial charge in [-0.1, -0.05) is 37.6 Å². The molecule has 0 aliphatic heterocycles. The Morgan fingerprint density at radius 2 is 1.82 bits per heavy atom. The first-order valence-corrected chi connectivity index (χ1v) is 13.4. The Kier molecular flexibility index (Phi) is 6.67. The van der Waals surface area contributed by atoms with Crippen molar-refractivity contribution in [3.8, 4) is 0 Å². The molecule has 5 heteroatoms. The topological polar surface area (TPSA) is 57.0 Å². The van der Waals surface area contributed by atoms with Crippen LogP contribution in [0.4, 0.5) is 0 Å². The van der Waals surface area contributed by atoms with Gasteiger partial charge in [0.15, 0.2) is 0 Å². The molecule has 2 aromatic rings. The van der Waals surface area contributed by atoms with Gasteiger partial charge in [-0.25, -0.2) is 0 Å². The first-order chi connectivity index (χ1) is 16.3. The number of ether oxygens (including phenoxy) is 1. The monoisotopic (exact) mass is 463 g/mol. The summed E-state index contributed by atoms with van der Waals surface area (Å²) in [6, 6.07) is 6.94. The van der Waals surface area contributed by atoms with Crippen LogP contribution in [0.1, 0.15) is 105 Å². The molecule has 0 N–H and O–H groups in total. The van der Waals surface area contributed by atoms with Gasteiger partial charge in [0, 0.05) is 37.3 Å². The summed E-state index contributed by atoms with van der Waals surface area (Å²) in [7, 11) is 1.78. The third-order valence-corrected chi connectivity index (χ3v) is 8.53. The van der Waals surface area contributed by atoms with Crippen LogP contribution >= 0.6 is 0 Å². The van der Waals surface area contributed by atoms with Crippen molar-refractivity contribution in [3.63, 3.8) is 0 Å². The Balaban J connectivity index is 1.38. The van der Waals surface area contributed by atoms with Crippen molar-refractivity contribution in [1.29, 1.82) is 0 Å². The van der Waals surface area contributed by atoms with E-state index in [1.807, 2.05) is 0 Å². The molecule has 1 heterocycles. The second kappa shape index (κ2) is 9.56. The fourth-order valence-corrected chi connectivity index (χ4v) is 6.55. The smallest absolute Gasteiger partial charge is 0.141 e. The number of hydrogen-bond donors (Lipinski definition) is 0. The molecule has 0 radical (unpaired) electrons. The van der Waals surface area contributed by atoms with Crippen LogP contribution in [0.5, 0.6) is 0 Å². The number of methoxy groups -OCH3 is 1. The molecular weight excluding hydrogens is 422 g/mol. The van der Waals surface area contributed by atoms with Crippen LogP contribution in [0.2, 0.25) is 0 Å². The Bertz CT molecular complexity index is 1030. The van der Waals surface area contributed by atoms with Crippen molar-refractivity contribution in [3.05, 3.63) is 46.5 Å². The standard InChI is InChI=1S/C29H41N3O2/c1-17(2)10-20-12-22(13-20)28-30-31-29(32(28)23-8-9-23)26-16-24(34-5)15-25(26)27(33)14-21-7-6-18(3)11-19(21)4/h6-7,11,17,20,22-26H,8-10,12-16H2,1-5H3/t20?,22?,24?,25-,26-/m0/s1. The molecule has 3 saturated carbocycles. The largest absolute Gasteiger partial charge is 0.381 e. The molecule has 3 aliphatic rings. The normalized spacial score (nSPS) is 28.9. The zero-order valence-corrected chi connectivity index (χ0v) is 21.6. The third-order valence-electron chi connectivity index (χ3n) is 8.53. The number of nitrogens with zero attached hydrogens (tertiary/aromatic N) is 3. The molecule has 3 atom stereocenters. The van der Waals surface area contributed by atoms with Crippen LogP contribution in [0.15, 0.2) is 18.2 Å². The molecule has 0 amide bonds. The molecule has 0 spiro atoms. The van der Waals surface area contributed by atoms with Crippen molar-refractivity contribution in [2.45, 2.75) is 103 Å². The van der Waals surface area contributed by atoms with Crippen LogP contribution in [-0.2, 0) is 16.0 Å². The summed E-state index contributed by atoms with van der Waals surface area (Å²) in [6.07, 6.45) is 8.48. The fraction of sp³-hybridized carbons (Fsp3) is 0.690. The van der Waals surface area contributed by atoms with E-state index in [0.717, 1.165) is 36.1 Å². The lowest BCUT2D eigenvalue weighted by atomic mass is 9.71. The number of Topliss-reactive ketones (excluding diaryl/α,β-unsaturated/α-hetero) is 1. The van der Waals surface area contributed by atoms with E-state index in [1.54, 1.807) is 7.11 Å². The van der Waals surface area contributed by atoms with Gasteiger partial charge in [0.25, 0.3) is 0 Å². The van der Waals surface area contributed by atoms with E-state index in [1.165, 1.54) is 49.1 Å². The molecule has 5 nitrogen and oxygen atoms in total. The predicted molar refractivity (Wildman–Crippen MR) is 134 cm³/mol. The average molecular weight is 464 g/mol. The molecule has 0 bridgehead atoms. The second-order valence-corrected chi connectivity index (χ2v) is 11.8. The number of hydrogen-bond acceptors (Lipinski definition) is 4. The SMILES string of the molecule is COC1C[C@H](C(=O)Cc2ccc(C)cc2C)[C@@H](c2nnc(C3CC(CC(C)C)C3)n2C2CC2)C1. The molecule has 1 unspecified atom stereocenters. The zero-order chi connectivity index (χ0) is 24.0. The molecule has 5 rings (SSSR count). The number of benzene rings is 1. The summed E-state index contributed by atoms with van der Waals surface area (Å²) in [4.78, 5) is 13.6. The molecule has 3 fully saturated rings. The van der Waals surface area contributed by atoms with Crippen LogP contribution in [0, 0.1) is 31.6 Å². The zero-order valence-electron chi connectivity index (χ0n) is 21.6. The van der Waals surface area contributed by atoms with E-state index in [4.69, 9.17) is 14.9 Å². The molecule has 1 aromatic heterocycles. The lowest BCUT2D eigenvalue weighted by Crippen LogP contribution is -2.27. The van der Waals surface area contributed by atoms with Crippen LogP contribution < -0.4 is 0 Å². The van der Waals surface area contributed by atoms with Crippen LogP contribution in [0.3, 0.4) is 0 Å². The minimum Gasteiger partial charge on any atom is -0.381 e. The number of carbonyl (C=O) groups excluding carboxylic acids is 1. The maximum Gasteiger partial charge on any atom is 0.141 e. The van der Waals surface area contributed by atoms with Gasteiger partial charge in [0.2, 0.25) is 0 Å². The highest BCUT2D eigenvalue weighted by Gasteiger charge is 2.45. The van der Waals surface area contributed by atoms with E-state index in [2.05, 4.69) is 50.5 Å². The van der Waals surface area contributed by atoms with E-state index in [-0.39, 0.29) is 17.9 Å². The number of aromatic nitrogens is 3. The number of rotatable bonds is 9.